The van der Waals surface area contributed by atoms with E-state index in [2.05, 4.69) is 0 Å². The molecular formula is H6AlNdO4PY. The van der Waals surface area contributed by atoms with Gasteiger partial charge < -0.3 is 14.7 Å². The van der Waals surface area contributed by atoms with Gasteiger partial charge in [0.25, 0.3) is 0 Å². The molecular weight excluding hydrogens is 355 g/mol. The van der Waals surface area contributed by atoms with Crippen LogP contribution in [0.4, 0.5) is 0 Å². The van der Waals surface area contributed by atoms with Crippen molar-refractivity contribution >= 4 is 25.2 Å². The molecule has 0 saturated carbocycles. The minimum atomic E-state index is -4.64. The maximum Gasteiger partial charge on any atom is 0.466 e. The maximum absolute atomic E-state index is 8.88. The third-order valence-electron chi connectivity index (χ3n) is 0. The molecule has 0 atom stereocenters. The van der Waals surface area contributed by atoms with Crippen LogP contribution >= 0.6 is 7.82 Å². The summed E-state index contributed by atoms with van der Waals surface area (Å²) in [7, 11) is -4.64. The van der Waals surface area contributed by atoms with Crippen LogP contribution in [0.2, 0.25) is 0 Å². The first-order chi connectivity index (χ1) is 2.00. The second-order valence-corrected chi connectivity index (χ2v) is 1.54. The Balaban J connectivity index is -0.0000000267. The molecule has 0 aromatic heterocycles. The van der Waals surface area contributed by atoms with Crippen molar-refractivity contribution in [3.63, 3.8) is 0 Å². The molecule has 0 unspecified atom stereocenters. The first kappa shape index (κ1) is 22.5. The second-order valence-electron chi connectivity index (χ2n) is 0.513. The Labute approximate surface area is 116 Å². The predicted octanol–water partition coefficient (Wildman–Crippen LogP) is -2.12. The van der Waals surface area contributed by atoms with Gasteiger partial charge in [0, 0.05) is 73.5 Å². The molecule has 3 N–H and O–H groups in total. The van der Waals surface area contributed by atoms with E-state index in [0.29, 0.717) is 0 Å². The number of rotatable bonds is 0. The number of hydrogen-bond donors (Lipinski definition) is 3. The van der Waals surface area contributed by atoms with Gasteiger partial charge in [-0.2, -0.15) is 0 Å². The Morgan fingerprint density at radius 1 is 1.12 bits per heavy atom. The minimum Gasteiger partial charge on any atom is -0.303 e. The largest absolute Gasteiger partial charge is 0.466 e. The molecule has 0 aliphatic rings. The molecule has 8 heteroatoms. The quantitative estimate of drug-likeness (QED) is 0.341. The summed E-state index contributed by atoms with van der Waals surface area (Å²) in [6.07, 6.45) is 0. The van der Waals surface area contributed by atoms with Crippen molar-refractivity contribution in [3.05, 3.63) is 0 Å². The van der Waals surface area contributed by atoms with Crippen molar-refractivity contribution in [2.45, 2.75) is 0 Å². The van der Waals surface area contributed by atoms with Crippen LogP contribution in [0.5, 0.6) is 0 Å². The van der Waals surface area contributed by atoms with Crippen LogP contribution in [0.25, 0.3) is 0 Å². The smallest absolute Gasteiger partial charge is 0.303 e. The van der Waals surface area contributed by atoms with E-state index in [4.69, 9.17) is 19.2 Å². The van der Waals surface area contributed by atoms with Gasteiger partial charge in [0.2, 0.25) is 0 Å². The minimum absolute atomic E-state index is 0. The summed E-state index contributed by atoms with van der Waals surface area (Å²) < 4.78 is 8.88. The summed E-state index contributed by atoms with van der Waals surface area (Å²) in [4.78, 5) is 21.6. The fraction of sp³-hybridized carbons (Fsp3) is 0. The van der Waals surface area contributed by atoms with E-state index in [1.165, 1.54) is 0 Å². The number of phosphoric acid groups is 1. The van der Waals surface area contributed by atoms with Crippen LogP contribution in [-0.2, 0) is 37.3 Å². The Hall–Kier alpha value is 3.10. The summed E-state index contributed by atoms with van der Waals surface area (Å²) in [5.41, 5.74) is 0. The molecule has 0 rings (SSSR count). The first-order valence-electron chi connectivity index (χ1n) is 0.783. The van der Waals surface area contributed by atoms with E-state index in [-0.39, 0.29) is 90.9 Å². The van der Waals surface area contributed by atoms with Crippen molar-refractivity contribution in [1.29, 1.82) is 0 Å². The van der Waals surface area contributed by atoms with Gasteiger partial charge in [0.15, 0.2) is 17.4 Å². The standard InChI is InChI=1S/Al.Nd.H3O4P.Y.3H/c;;1-5(2,3)4;;;;/h;;(H3,1,2,3,4);;;;. The van der Waals surface area contributed by atoms with Crippen LogP contribution in [-0.4, -0.2) is 32.0 Å². The molecule has 0 aromatic rings. The monoisotopic (exact) mass is 359 g/mol. The normalized spacial score (nSPS) is 7.38. The average molecular weight is 361 g/mol. The summed E-state index contributed by atoms with van der Waals surface area (Å²) >= 11 is 0. The van der Waals surface area contributed by atoms with Gasteiger partial charge in [-0.1, -0.05) is 0 Å². The summed E-state index contributed by atoms with van der Waals surface area (Å²) in [6, 6.07) is 0. The van der Waals surface area contributed by atoms with Gasteiger partial charge >= 0.3 is 7.82 Å². The summed E-state index contributed by atoms with van der Waals surface area (Å²) in [5, 5.41) is 0. The first-order valence-corrected chi connectivity index (χ1v) is 2.35. The fourth-order valence-electron chi connectivity index (χ4n) is 0. The van der Waals surface area contributed by atoms with Crippen molar-refractivity contribution in [3.8, 4) is 0 Å². The van der Waals surface area contributed by atoms with Crippen molar-refractivity contribution < 1.29 is 92.8 Å². The van der Waals surface area contributed by atoms with Crippen molar-refractivity contribution in [2.24, 2.45) is 0 Å². The Kier molecular flexibility index (Phi) is 28.3. The second kappa shape index (κ2) is 10.1. The molecule has 0 aliphatic carbocycles. The molecule has 0 bridgehead atoms. The van der Waals surface area contributed by atoms with Gasteiger partial charge in [0.05, 0.1) is 0 Å². The topological polar surface area (TPSA) is 77.8 Å². The molecule has 1 radical (unpaired) electrons. The Morgan fingerprint density at radius 3 is 1.12 bits per heavy atom. The van der Waals surface area contributed by atoms with Crippen LogP contribution in [0.3, 0.4) is 0 Å². The van der Waals surface area contributed by atoms with E-state index in [1.54, 1.807) is 0 Å². The maximum atomic E-state index is 8.88. The SMILES string of the molecule is O=P(O)(O)O.[AlH3].[Nd].[Y]. The van der Waals surface area contributed by atoms with E-state index in [0.717, 1.165) is 0 Å². The van der Waals surface area contributed by atoms with Gasteiger partial charge in [-0.05, 0) is 0 Å². The van der Waals surface area contributed by atoms with Crippen molar-refractivity contribution in [2.75, 3.05) is 0 Å². The zero-order chi connectivity index (χ0) is 4.50. The van der Waals surface area contributed by atoms with Gasteiger partial charge in [-0.15, -0.1) is 0 Å². The molecule has 0 heterocycles. The molecule has 8 heavy (non-hydrogen) atoms. The molecule has 0 amide bonds. The van der Waals surface area contributed by atoms with Crippen LogP contribution in [0.1, 0.15) is 0 Å². The van der Waals surface area contributed by atoms with Gasteiger partial charge in [-0.25, -0.2) is 4.57 Å². The average Bonchev–Trinajstić information content (AvgIpc) is 0.722. The van der Waals surface area contributed by atoms with E-state index in [9.17, 15) is 0 Å². The van der Waals surface area contributed by atoms with Gasteiger partial charge in [-0.3, -0.25) is 0 Å². The molecule has 0 spiro atoms. The molecule has 0 aliphatic heterocycles. The Bertz CT molecular complexity index is 62.2. The Morgan fingerprint density at radius 2 is 1.12 bits per heavy atom. The molecule has 45 valence electrons. The molecule has 0 saturated heterocycles. The van der Waals surface area contributed by atoms with Crippen LogP contribution in [0.15, 0.2) is 0 Å². The fourth-order valence-corrected chi connectivity index (χ4v) is 0. The summed E-state index contributed by atoms with van der Waals surface area (Å²) in [5.74, 6) is 0. The zero-order valence-electron chi connectivity index (χ0n) is 3.27. The van der Waals surface area contributed by atoms with Crippen molar-refractivity contribution in [1.82, 2.24) is 0 Å². The third kappa shape index (κ3) is 62.2. The third-order valence-corrected chi connectivity index (χ3v) is 0. The zero-order valence-corrected chi connectivity index (χ0v) is 10.2. The van der Waals surface area contributed by atoms with E-state index < -0.39 is 7.82 Å². The van der Waals surface area contributed by atoms with E-state index >= 15 is 0 Å². The molecule has 4 nitrogen and oxygen atoms in total. The number of hydrogen-bond acceptors (Lipinski definition) is 1. The predicted molar refractivity (Wildman–Crippen MR) is 24.2 cm³/mol. The van der Waals surface area contributed by atoms with Crippen LogP contribution < -0.4 is 0 Å². The molecule has 0 fully saturated rings. The van der Waals surface area contributed by atoms with Gasteiger partial charge in [0.1, 0.15) is 0 Å². The molecule has 0 aromatic carbocycles. The summed E-state index contributed by atoms with van der Waals surface area (Å²) in [6.45, 7) is 0. The van der Waals surface area contributed by atoms with E-state index in [1.807, 2.05) is 0 Å². The van der Waals surface area contributed by atoms with Crippen LogP contribution in [0, 0.1) is 40.8 Å².